The van der Waals surface area contributed by atoms with E-state index in [0.29, 0.717) is 0 Å². The molecule has 3 aromatic rings. The van der Waals surface area contributed by atoms with Crippen LogP contribution < -0.4 is 9.54 Å². The van der Waals surface area contributed by atoms with Crippen molar-refractivity contribution in [1.82, 2.24) is 9.66 Å². The number of thiazole rings is 1. The molecule has 0 aliphatic rings. The Balaban J connectivity index is 2.03. The van der Waals surface area contributed by atoms with Crippen molar-refractivity contribution < 1.29 is 4.74 Å². The molecule has 112 valence electrons. The van der Waals surface area contributed by atoms with E-state index >= 15 is 0 Å². The van der Waals surface area contributed by atoms with Gasteiger partial charge in [-0.15, -0.1) is 11.3 Å². The van der Waals surface area contributed by atoms with E-state index in [2.05, 4.69) is 20.5 Å². The number of methoxy groups -OCH3 is 1. The molecule has 0 unspecified atom stereocenters. The van der Waals surface area contributed by atoms with Crippen LogP contribution in [0, 0.1) is 0 Å². The van der Waals surface area contributed by atoms with E-state index in [4.69, 9.17) is 4.74 Å². The number of ether oxygens (including phenoxy) is 1. The fourth-order valence-corrected chi connectivity index (χ4v) is 2.87. The van der Waals surface area contributed by atoms with Crippen molar-refractivity contribution in [3.05, 3.63) is 58.5 Å². The Morgan fingerprint density at radius 1 is 1.23 bits per heavy atom. The molecule has 3 rings (SSSR count). The van der Waals surface area contributed by atoms with E-state index < -0.39 is 0 Å². The minimum absolute atomic E-state index is 0.834. The molecule has 0 atom stereocenters. The van der Waals surface area contributed by atoms with Crippen LogP contribution in [0.2, 0.25) is 0 Å². The highest BCUT2D eigenvalue weighted by atomic mass is 32.1. The van der Waals surface area contributed by atoms with Crippen LogP contribution >= 0.6 is 11.3 Å². The van der Waals surface area contributed by atoms with Crippen LogP contribution in [0.25, 0.3) is 11.3 Å². The zero-order valence-corrected chi connectivity index (χ0v) is 13.2. The Bertz CT molecular complexity index is 826. The van der Waals surface area contributed by atoms with Crippen molar-refractivity contribution in [2.75, 3.05) is 14.2 Å². The molecule has 22 heavy (non-hydrogen) atoms. The summed E-state index contributed by atoms with van der Waals surface area (Å²) in [5, 5.41) is 6.60. The average Bonchev–Trinajstić information content (AvgIpc) is 3.22. The first kappa shape index (κ1) is 14.3. The van der Waals surface area contributed by atoms with Crippen molar-refractivity contribution in [3.8, 4) is 17.0 Å². The van der Waals surface area contributed by atoms with E-state index in [1.807, 2.05) is 47.3 Å². The van der Waals surface area contributed by atoms with Gasteiger partial charge in [0, 0.05) is 24.2 Å². The fraction of sp³-hybridized carbons (Fsp3) is 0.125. The summed E-state index contributed by atoms with van der Waals surface area (Å²) in [6, 6.07) is 11.8. The number of hydrogen-bond acceptors (Lipinski definition) is 4. The Labute approximate surface area is 132 Å². The first-order valence-corrected chi connectivity index (χ1v) is 7.65. The van der Waals surface area contributed by atoms with Crippen LogP contribution in [0.1, 0.15) is 5.69 Å². The third-order valence-corrected chi connectivity index (χ3v) is 4.10. The van der Waals surface area contributed by atoms with E-state index in [9.17, 15) is 0 Å². The monoisotopic (exact) mass is 312 g/mol. The lowest BCUT2D eigenvalue weighted by molar-refractivity contribution is 0.415. The van der Waals surface area contributed by atoms with Crippen LogP contribution in [0.5, 0.6) is 5.75 Å². The third kappa shape index (κ3) is 2.87. The van der Waals surface area contributed by atoms with Gasteiger partial charge >= 0.3 is 0 Å². The quantitative estimate of drug-likeness (QED) is 0.740. The maximum Gasteiger partial charge on any atom is 0.205 e. The van der Waals surface area contributed by atoms with Gasteiger partial charge in [0.05, 0.1) is 24.7 Å². The van der Waals surface area contributed by atoms with Crippen molar-refractivity contribution in [2.24, 2.45) is 10.1 Å². The SMILES string of the molecule is CN=c1scc(-c2ccc(OC)cc2)n1N=Cc1ccc[nH]1. The molecule has 1 aromatic carbocycles. The lowest BCUT2D eigenvalue weighted by Crippen LogP contribution is -2.11. The lowest BCUT2D eigenvalue weighted by atomic mass is 10.2. The summed E-state index contributed by atoms with van der Waals surface area (Å²) in [6.07, 6.45) is 3.66. The number of H-pyrrole nitrogens is 1. The number of rotatable bonds is 4. The Morgan fingerprint density at radius 2 is 2.05 bits per heavy atom. The fourth-order valence-electron chi connectivity index (χ4n) is 2.07. The summed E-state index contributed by atoms with van der Waals surface area (Å²) >= 11 is 1.56. The van der Waals surface area contributed by atoms with E-state index in [1.54, 1.807) is 31.7 Å². The molecule has 6 heteroatoms. The standard InChI is InChI=1S/C16H16N4OS/c1-17-16-20(19-10-13-4-3-9-18-13)15(11-22-16)12-5-7-14(21-2)8-6-12/h3-11,18H,1-2H3. The van der Waals surface area contributed by atoms with Crippen molar-refractivity contribution >= 4 is 17.6 Å². The van der Waals surface area contributed by atoms with Gasteiger partial charge in [-0.05, 0) is 36.4 Å². The molecule has 1 N–H and O–H groups in total. The second-order valence-corrected chi connectivity index (χ2v) is 5.37. The van der Waals surface area contributed by atoms with Gasteiger partial charge in [0.15, 0.2) is 0 Å². The van der Waals surface area contributed by atoms with Gasteiger partial charge in [-0.3, -0.25) is 4.99 Å². The predicted molar refractivity (Wildman–Crippen MR) is 89.6 cm³/mol. The Morgan fingerprint density at radius 3 is 2.68 bits per heavy atom. The van der Waals surface area contributed by atoms with E-state index in [0.717, 1.165) is 27.5 Å². The summed E-state index contributed by atoms with van der Waals surface area (Å²) in [6.45, 7) is 0. The number of nitrogens with zero attached hydrogens (tertiary/aromatic N) is 3. The van der Waals surface area contributed by atoms with Crippen molar-refractivity contribution in [3.63, 3.8) is 0 Å². The summed E-state index contributed by atoms with van der Waals surface area (Å²) < 4.78 is 7.04. The van der Waals surface area contributed by atoms with Crippen LogP contribution in [0.4, 0.5) is 0 Å². The molecule has 0 fully saturated rings. The zero-order chi connectivity index (χ0) is 15.4. The molecule has 0 spiro atoms. The topological polar surface area (TPSA) is 54.7 Å². The molecule has 2 heterocycles. The highest BCUT2D eigenvalue weighted by Crippen LogP contribution is 2.22. The lowest BCUT2D eigenvalue weighted by Gasteiger charge is -2.04. The second-order valence-electron chi connectivity index (χ2n) is 4.54. The molecule has 0 amide bonds. The number of aromatic amines is 1. The van der Waals surface area contributed by atoms with Crippen molar-refractivity contribution in [1.29, 1.82) is 0 Å². The number of benzene rings is 1. The van der Waals surface area contributed by atoms with Gasteiger partial charge in [-0.1, -0.05) is 0 Å². The summed E-state index contributed by atoms with van der Waals surface area (Å²) in [7, 11) is 3.43. The predicted octanol–water partition coefficient (Wildman–Crippen LogP) is 2.97. The number of aromatic nitrogens is 2. The maximum atomic E-state index is 5.20. The Kier molecular flexibility index (Phi) is 4.20. The van der Waals surface area contributed by atoms with Crippen LogP contribution in [0.15, 0.2) is 58.1 Å². The van der Waals surface area contributed by atoms with Gasteiger partial charge in [-0.25, -0.2) is 4.68 Å². The van der Waals surface area contributed by atoms with E-state index in [-0.39, 0.29) is 0 Å². The summed E-state index contributed by atoms with van der Waals surface area (Å²) in [5.41, 5.74) is 3.01. The highest BCUT2D eigenvalue weighted by molar-refractivity contribution is 7.07. The molecule has 2 aromatic heterocycles. The largest absolute Gasteiger partial charge is 0.497 e. The average molecular weight is 312 g/mol. The molecule has 0 aliphatic carbocycles. The van der Waals surface area contributed by atoms with Crippen LogP contribution in [-0.4, -0.2) is 30.0 Å². The minimum atomic E-state index is 0.834. The first-order valence-electron chi connectivity index (χ1n) is 6.77. The molecule has 0 saturated carbocycles. The molecule has 0 aliphatic heterocycles. The Hall–Kier alpha value is -2.60. The maximum absolute atomic E-state index is 5.20. The second kappa shape index (κ2) is 6.44. The van der Waals surface area contributed by atoms with Crippen LogP contribution in [0.3, 0.4) is 0 Å². The number of hydrogen-bond donors (Lipinski definition) is 1. The molecule has 0 bridgehead atoms. The van der Waals surface area contributed by atoms with E-state index in [1.165, 1.54) is 0 Å². The van der Waals surface area contributed by atoms with Gasteiger partial charge in [0.2, 0.25) is 4.80 Å². The summed E-state index contributed by atoms with van der Waals surface area (Å²) in [4.78, 5) is 8.23. The molecule has 0 radical (unpaired) electrons. The van der Waals surface area contributed by atoms with Gasteiger partial charge < -0.3 is 9.72 Å². The zero-order valence-electron chi connectivity index (χ0n) is 12.4. The van der Waals surface area contributed by atoms with Crippen LogP contribution in [-0.2, 0) is 0 Å². The highest BCUT2D eigenvalue weighted by Gasteiger charge is 2.07. The molecule has 0 saturated heterocycles. The number of nitrogens with one attached hydrogen (secondary N) is 1. The normalized spacial score (nSPS) is 12.2. The minimum Gasteiger partial charge on any atom is -0.497 e. The summed E-state index contributed by atoms with van der Waals surface area (Å²) in [5.74, 6) is 0.834. The molecule has 5 nitrogen and oxygen atoms in total. The molecular weight excluding hydrogens is 296 g/mol. The third-order valence-electron chi connectivity index (χ3n) is 3.20. The van der Waals surface area contributed by atoms with Gasteiger partial charge in [0.25, 0.3) is 0 Å². The first-order chi connectivity index (χ1) is 10.8. The van der Waals surface area contributed by atoms with Gasteiger partial charge in [0.1, 0.15) is 5.75 Å². The van der Waals surface area contributed by atoms with Gasteiger partial charge in [-0.2, -0.15) is 5.10 Å². The molecular formula is C16H16N4OS. The smallest absolute Gasteiger partial charge is 0.205 e. The van der Waals surface area contributed by atoms with Crippen molar-refractivity contribution in [2.45, 2.75) is 0 Å².